The fourth-order valence-corrected chi connectivity index (χ4v) is 1.98. The van der Waals surface area contributed by atoms with Crippen LogP contribution in [0, 0.1) is 0 Å². The summed E-state index contributed by atoms with van der Waals surface area (Å²) in [7, 11) is -3.88. The fraction of sp³-hybridized carbons (Fsp3) is 0.417. The number of hydrogen-bond donors (Lipinski definition) is 2. The predicted octanol–water partition coefficient (Wildman–Crippen LogP) is 1.09. The summed E-state index contributed by atoms with van der Waals surface area (Å²) in [6.07, 6.45) is 0. The maximum atomic E-state index is 11.7. The van der Waals surface area contributed by atoms with Crippen molar-refractivity contribution in [1.82, 2.24) is 0 Å². The fourth-order valence-electron chi connectivity index (χ4n) is 1.29. The molecule has 106 valence electrons. The van der Waals surface area contributed by atoms with Crippen LogP contribution in [0.4, 0.5) is 5.69 Å². The average molecular weight is 286 g/mol. The van der Waals surface area contributed by atoms with E-state index in [9.17, 15) is 13.2 Å². The molecule has 0 heterocycles. The molecule has 1 rings (SSSR count). The number of carbonyl (C=O) groups is 1. The van der Waals surface area contributed by atoms with Crippen molar-refractivity contribution in [3.8, 4) is 0 Å². The summed E-state index contributed by atoms with van der Waals surface area (Å²) in [6.45, 7) is 5.29. The number of ether oxygens (including phenoxy) is 1. The van der Waals surface area contributed by atoms with Gasteiger partial charge in [0.1, 0.15) is 11.5 Å². The number of anilines is 1. The van der Waals surface area contributed by atoms with Gasteiger partial charge < -0.3 is 10.1 Å². The molecule has 6 nitrogen and oxygen atoms in total. The second-order valence-corrected chi connectivity index (χ2v) is 6.52. The van der Waals surface area contributed by atoms with Gasteiger partial charge in [0.15, 0.2) is 0 Å². The van der Waals surface area contributed by atoms with Gasteiger partial charge in [0, 0.05) is 0 Å². The molecule has 0 aliphatic carbocycles. The van der Waals surface area contributed by atoms with E-state index in [2.05, 4.69) is 5.32 Å². The average Bonchev–Trinajstić information content (AvgIpc) is 2.25. The number of amides is 1. The van der Waals surface area contributed by atoms with Crippen LogP contribution < -0.4 is 10.5 Å². The summed E-state index contributed by atoms with van der Waals surface area (Å²) in [5.74, 6) is -0.439. The van der Waals surface area contributed by atoms with E-state index in [1.165, 1.54) is 18.2 Å². The van der Waals surface area contributed by atoms with Gasteiger partial charge in [0.2, 0.25) is 15.9 Å². The molecule has 3 N–H and O–H groups in total. The minimum absolute atomic E-state index is 0.126. The lowest BCUT2D eigenvalue weighted by atomic mass is 10.2. The molecule has 0 radical (unpaired) electrons. The number of primary sulfonamides is 1. The van der Waals surface area contributed by atoms with Crippen LogP contribution in [0.5, 0.6) is 0 Å². The Labute approximate surface area is 113 Å². The van der Waals surface area contributed by atoms with Crippen molar-refractivity contribution in [1.29, 1.82) is 0 Å². The van der Waals surface area contributed by atoms with Crippen LogP contribution in [0.3, 0.4) is 0 Å². The van der Waals surface area contributed by atoms with E-state index in [0.717, 1.165) is 0 Å². The van der Waals surface area contributed by atoms with Gasteiger partial charge in [0.05, 0.1) is 11.3 Å². The molecule has 0 spiro atoms. The number of para-hydroxylation sites is 1. The molecule has 1 aromatic rings. The van der Waals surface area contributed by atoms with Gasteiger partial charge in [-0.1, -0.05) is 12.1 Å². The molecule has 19 heavy (non-hydrogen) atoms. The van der Waals surface area contributed by atoms with Crippen LogP contribution >= 0.6 is 0 Å². The summed E-state index contributed by atoms with van der Waals surface area (Å²) < 4.78 is 28.0. The maximum Gasteiger partial charge on any atom is 0.250 e. The molecule has 1 aromatic carbocycles. The monoisotopic (exact) mass is 286 g/mol. The Morgan fingerprint density at radius 3 is 2.42 bits per heavy atom. The molecule has 0 saturated heterocycles. The Morgan fingerprint density at radius 1 is 1.32 bits per heavy atom. The number of nitrogens with one attached hydrogen (secondary N) is 1. The van der Waals surface area contributed by atoms with E-state index in [-0.39, 0.29) is 17.2 Å². The predicted molar refractivity (Wildman–Crippen MR) is 72.1 cm³/mol. The lowest BCUT2D eigenvalue weighted by molar-refractivity contribution is -0.125. The van der Waals surface area contributed by atoms with Crippen molar-refractivity contribution in [2.75, 3.05) is 11.9 Å². The summed E-state index contributed by atoms with van der Waals surface area (Å²) in [4.78, 5) is 11.5. The molecule has 0 bridgehead atoms. The van der Waals surface area contributed by atoms with Crippen molar-refractivity contribution >= 4 is 21.6 Å². The molecule has 0 aliphatic heterocycles. The summed E-state index contributed by atoms with van der Waals surface area (Å²) in [5.41, 5.74) is -0.302. The third-order valence-corrected chi connectivity index (χ3v) is 3.07. The molecular weight excluding hydrogens is 268 g/mol. The lowest BCUT2D eigenvalue weighted by Gasteiger charge is -2.19. The third kappa shape index (κ3) is 5.37. The smallest absolute Gasteiger partial charge is 0.250 e. The van der Waals surface area contributed by atoms with Gasteiger partial charge in [-0.2, -0.15) is 0 Å². The molecular formula is C12H18N2O4S. The molecule has 0 fully saturated rings. The van der Waals surface area contributed by atoms with Crippen molar-refractivity contribution in [2.45, 2.75) is 31.3 Å². The molecule has 0 aromatic heterocycles. The van der Waals surface area contributed by atoms with E-state index in [4.69, 9.17) is 9.88 Å². The van der Waals surface area contributed by atoms with Gasteiger partial charge >= 0.3 is 0 Å². The lowest BCUT2D eigenvalue weighted by Crippen LogP contribution is -2.27. The van der Waals surface area contributed by atoms with Crippen LogP contribution in [0.1, 0.15) is 20.8 Å². The van der Waals surface area contributed by atoms with E-state index in [1.54, 1.807) is 6.07 Å². The Balaban J connectivity index is 2.81. The van der Waals surface area contributed by atoms with Crippen LogP contribution in [0.25, 0.3) is 0 Å². The topological polar surface area (TPSA) is 98.5 Å². The van der Waals surface area contributed by atoms with E-state index >= 15 is 0 Å². The Hall–Kier alpha value is -1.44. The van der Waals surface area contributed by atoms with Crippen LogP contribution in [0.15, 0.2) is 29.2 Å². The first-order chi connectivity index (χ1) is 8.59. The standard InChI is InChI=1S/C12H18N2O4S/c1-12(2,3)18-8-11(15)14-9-6-4-5-7-10(9)19(13,16)17/h4-7H,8H2,1-3H3,(H,14,15)(H2,13,16,17). The number of benzene rings is 1. The number of hydrogen-bond acceptors (Lipinski definition) is 4. The zero-order chi connectivity index (χ0) is 14.7. The minimum atomic E-state index is -3.88. The minimum Gasteiger partial charge on any atom is -0.366 e. The Bertz CT molecular complexity index is 561. The summed E-state index contributed by atoms with van der Waals surface area (Å²) in [5, 5.41) is 7.53. The molecule has 0 saturated carbocycles. The Morgan fingerprint density at radius 2 is 1.89 bits per heavy atom. The van der Waals surface area contributed by atoms with E-state index < -0.39 is 21.5 Å². The summed E-state index contributed by atoms with van der Waals surface area (Å²) in [6, 6.07) is 5.93. The van der Waals surface area contributed by atoms with Gasteiger partial charge in [-0.05, 0) is 32.9 Å². The van der Waals surface area contributed by atoms with Gasteiger partial charge in [0.25, 0.3) is 0 Å². The highest BCUT2D eigenvalue weighted by molar-refractivity contribution is 7.89. The van der Waals surface area contributed by atoms with Crippen molar-refractivity contribution in [2.24, 2.45) is 5.14 Å². The van der Waals surface area contributed by atoms with Gasteiger partial charge in [-0.25, -0.2) is 13.6 Å². The molecule has 1 amide bonds. The highest BCUT2D eigenvalue weighted by Crippen LogP contribution is 2.19. The second-order valence-electron chi connectivity index (χ2n) is 4.99. The normalized spacial score (nSPS) is 12.2. The Kier molecular flexibility index (Phi) is 4.67. The first-order valence-electron chi connectivity index (χ1n) is 5.65. The number of carbonyl (C=O) groups excluding carboxylic acids is 1. The van der Waals surface area contributed by atoms with Crippen molar-refractivity contribution in [3.05, 3.63) is 24.3 Å². The second kappa shape index (κ2) is 5.68. The third-order valence-electron chi connectivity index (χ3n) is 2.10. The van der Waals surface area contributed by atoms with Crippen LogP contribution in [-0.2, 0) is 19.6 Å². The quantitative estimate of drug-likeness (QED) is 0.865. The first-order valence-corrected chi connectivity index (χ1v) is 7.20. The van der Waals surface area contributed by atoms with Crippen molar-refractivity contribution in [3.63, 3.8) is 0 Å². The number of nitrogens with two attached hydrogens (primary N) is 1. The first kappa shape index (κ1) is 15.6. The van der Waals surface area contributed by atoms with Crippen LogP contribution in [0.2, 0.25) is 0 Å². The van der Waals surface area contributed by atoms with Crippen LogP contribution in [-0.4, -0.2) is 26.5 Å². The summed E-state index contributed by atoms with van der Waals surface area (Å²) >= 11 is 0. The molecule has 0 unspecified atom stereocenters. The largest absolute Gasteiger partial charge is 0.366 e. The highest BCUT2D eigenvalue weighted by atomic mass is 32.2. The zero-order valence-electron chi connectivity index (χ0n) is 11.1. The molecule has 7 heteroatoms. The van der Waals surface area contributed by atoms with Gasteiger partial charge in [-0.15, -0.1) is 0 Å². The van der Waals surface area contributed by atoms with E-state index in [0.29, 0.717) is 0 Å². The number of rotatable bonds is 4. The highest BCUT2D eigenvalue weighted by Gasteiger charge is 2.17. The molecule has 0 aliphatic rings. The van der Waals surface area contributed by atoms with E-state index in [1.807, 2.05) is 20.8 Å². The number of sulfonamides is 1. The zero-order valence-corrected chi connectivity index (χ0v) is 12.0. The maximum absolute atomic E-state index is 11.7. The van der Waals surface area contributed by atoms with Crippen molar-refractivity contribution < 1.29 is 17.9 Å². The van der Waals surface area contributed by atoms with Gasteiger partial charge in [-0.3, -0.25) is 4.79 Å². The molecule has 0 atom stereocenters. The SMILES string of the molecule is CC(C)(C)OCC(=O)Nc1ccccc1S(N)(=O)=O.